The van der Waals surface area contributed by atoms with Crippen LogP contribution >= 0.6 is 24.0 Å². The number of rotatable bonds is 9. The van der Waals surface area contributed by atoms with Crippen LogP contribution in [0.25, 0.3) is 0 Å². The fraction of sp³-hybridized carbons (Fsp3) is 0.650. The Morgan fingerprint density at radius 3 is 2.55 bits per heavy atom. The summed E-state index contributed by atoms with van der Waals surface area (Å²) in [5, 5.41) is 6.71. The minimum atomic E-state index is -3.08. The number of sulfonamides is 1. The lowest BCUT2D eigenvalue weighted by Gasteiger charge is -2.32. The molecule has 1 aromatic rings. The molecule has 0 spiro atoms. The van der Waals surface area contributed by atoms with Crippen molar-refractivity contribution in [1.29, 1.82) is 0 Å². The van der Waals surface area contributed by atoms with Gasteiger partial charge in [-0.1, -0.05) is 18.2 Å². The molecule has 1 aliphatic rings. The van der Waals surface area contributed by atoms with E-state index >= 15 is 0 Å². The van der Waals surface area contributed by atoms with Crippen molar-refractivity contribution in [2.24, 2.45) is 4.99 Å². The number of aliphatic imine (C=N–C) groups is 1. The van der Waals surface area contributed by atoms with Crippen LogP contribution in [0.2, 0.25) is 0 Å². The van der Waals surface area contributed by atoms with E-state index in [1.54, 1.807) is 11.2 Å². The summed E-state index contributed by atoms with van der Waals surface area (Å²) in [5.41, 5.74) is 1.14. The first-order chi connectivity index (χ1) is 13.5. The lowest BCUT2D eigenvalue weighted by atomic mass is 10.1. The average Bonchev–Trinajstić information content (AvgIpc) is 2.69. The molecular formula is C20H35IN4O3S. The van der Waals surface area contributed by atoms with Crippen molar-refractivity contribution in [2.75, 3.05) is 38.5 Å². The van der Waals surface area contributed by atoms with E-state index in [4.69, 9.17) is 4.74 Å². The number of para-hydroxylation sites is 1. The molecule has 1 saturated heterocycles. The van der Waals surface area contributed by atoms with Gasteiger partial charge >= 0.3 is 0 Å². The Kier molecular flexibility index (Phi) is 11.9. The van der Waals surface area contributed by atoms with E-state index in [9.17, 15) is 8.42 Å². The van der Waals surface area contributed by atoms with Crippen LogP contribution in [0.5, 0.6) is 5.75 Å². The smallest absolute Gasteiger partial charge is 0.213 e. The maximum atomic E-state index is 12.0. The molecule has 2 N–H and O–H groups in total. The second kappa shape index (κ2) is 13.3. The van der Waals surface area contributed by atoms with E-state index in [0.29, 0.717) is 26.2 Å². The van der Waals surface area contributed by atoms with Crippen molar-refractivity contribution >= 4 is 40.0 Å². The van der Waals surface area contributed by atoms with Crippen LogP contribution in [0.1, 0.15) is 38.7 Å². The van der Waals surface area contributed by atoms with E-state index in [1.165, 1.54) is 0 Å². The van der Waals surface area contributed by atoms with E-state index in [-0.39, 0.29) is 35.8 Å². The van der Waals surface area contributed by atoms with Crippen LogP contribution in [-0.4, -0.2) is 63.3 Å². The zero-order chi connectivity index (χ0) is 20.4. The molecule has 0 unspecified atom stereocenters. The number of benzene rings is 1. The first-order valence-electron chi connectivity index (χ1n) is 10.2. The highest BCUT2D eigenvalue weighted by Crippen LogP contribution is 2.16. The van der Waals surface area contributed by atoms with Gasteiger partial charge in [0.25, 0.3) is 0 Å². The van der Waals surface area contributed by atoms with Gasteiger partial charge in [-0.05, 0) is 45.2 Å². The van der Waals surface area contributed by atoms with Gasteiger partial charge in [-0.2, -0.15) is 0 Å². The Labute approximate surface area is 192 Å². The summed E-state index contributed by atoms with van der Waals surface area (Å²) in [6.45, 7) is 8.99. The zero-order valence-corrected chi connectivity index (χ0v) is 20.8. The summed E-state index contributed by atoms with van der Waals surface area (Å²) >= 11 is 0. The fourth-order valence-corrected chi connectivity index (χ4v) is 4.26. The Hall–Kier alpha value is -1.07. The van der Waals surface area contributed by atoms with Crippen LogP contribution in [0, 0.1) is 6.92 Å². The molecule has 166 valence electrons. The molecule has 1 fully saturated rings. The molecule has 1 aliphatic heterocycles. The average molecular weight is 538 g/mol. The summed E-state index contributed by atoms with van der Waals surface area (Å²) < 4.78 is 31.3. The lowest BCUT2D eigenvalue weighted by molar-refractivity contribution is 0.305. The quantitative estimate of drug-likeness (QED) is 0.219. The summed E-state index contributed by atoms with van der Waals surface area (Å²) in [7, 11) is -3.08. The van der Waals surface area contributed by atoms with Gasteiger partial charge in [0, 0.05) is 38.6 Å². The molecule has 0 amide bonds. The van der Waals surface area contributed by atoms with Gasteiger partial charge in [0.2, 0.25) is 10.0 Å². The van der Waals surface area contributed by atoms with Crippen molar-refractivity contribution < 1.29 is 13.2 Å². The standard InChI is InChI=1S/C20H34N4O3S.HI/c1-4-21-20(22-13-8-16-27-19-10-7-6-9-17(19)3)23-18-11-14-24(15-12-18)28(25,26)5-2;/h6-7,9-10,18H,4-5,8,11-16H2,1-3H3,(H2,21,22,23);1H. The number of halogens is 1. The molecule has 7 nitrogen and oxygen atoms in total. The zero-order valence-electron chi connectivity index (χ0n) is 17.7. The monoisotopic (exact) mass is 538 g/mol. The maximum Gasteiger partial charge on any atom is 0.213 e. The summed E-state index contributed by atoms with van der Waals surface area (Å²) in [4.78, 5) is 4.63. The van der Waals surface area contributed by atoms with E-state index in [0.717, 1.165) is 43.1 Å². The predicted octanol–water partition coefficient (Wildman–Crippen LogP) is 2.75. The van der Waals surface area contributed by atoms with Gasteiger partial charge in [0.05, 0.1) is 12.4 Å². The molecule has 0 aliphatic carbocycles. The number of guanidine groups is 1. The molecule has 0 bridgehead atoms. The highest BCUT2D eigenvalue weighted by molar-refractivity contribution is 14.0. The minimum absolute atomic E-state index is 0. The second-order valence-electron chi connectivity index (χ2n) is 6.95. The van der Waals surface area contributed by atoms with E-state index in [1.807, 2.05) is 38.1 Å². The lowest BCUT2D eigenvalue weighted by Crippen LogP contribution is -2.50. The van der Waals surface area contributed by atoms with Gasteiger partial charge in [-0.15, -0.1) is 24.0 Å². The van der Waals surface area contributed by atoms with Crippen molar-refractivity contribution in [3.63, 3.8) is 0 Å². The van der Waals surface area contributed by atoms with E-state index in [2.05, 4.69) is 15.6 Å². The Balaban J connectivity index is 0.00000420. The third kappa shape index (κ3) is 8.67. The van der Waals surface area contributed by atoms with Gasteiger partial charge in [0.15, 0.2) is 5.96 Å². The molecule has 9 heteroatoms. The summed E-state index contributed by atoms with van der Waals surface area (Å²) in [5.74, 6) is 1.88. The molecule has 29 heavy (non-hydrogen) atoms. The normalized spacial score (nSPS) is 16.2. The van der Waals surface area contributed by atoms with Gasteiger partial charge in [-0.3, -0.25) is 4.99 Å². The minimum Gasteiger partial charge on any atom is -0.493 e. The molecule has 2 rings (SSSR count). The van der Waals surface area contributed by atoms with Crippen molar-refractivity contribution in [3.8, 4) is 5.75 Å². The highest BCUT2D eigenvalue weighted by atomic mass is 127. The van der Waals surface area contributed by atoms with Gasteiger partial charge in [-0.25, -0.2) is 12.7 Å². The number of nitrogens with zero attached hydrogens (tertiary/aromatic N) is 2. The summed E-state index contributed by atoms with van der Waals surface area (Å²) in [6.07, 6.45) is 2.41. The molecule has 0 aromatic heterocycles. The van der Waals surface area contributed by atoms with Crippen LogP contribution in [-0.2, 0) is 10.0 Å². The Morgan fingerprint density at radius 1 is 1.24 bits per heavy atom. The molecule has 0 atom stereocenters. The van der Waals surface area contributed by atoms with Crippen LogP contribution in [0.3, 0.4) is 0 Å². The first-order valence-corrected chi connectivity index (χ1v) is 11.8. The Morgan fingerprint density at radius 2 is 1.93 bits per heavy atom. The highest BCUT2D eigenvalue weighted by Gasteiger charge is 2.26. The maximum absolute atomic E-state index is 12.0. The number of piperidine rings is 1. The number of hydrogen-bond acceptors (Lipinski definition) is 4. The molecule has 0 radical (unpaired) electrons. The molecule has 1 heterocycles. The number of hydrogen-bond donors (Lipinski definition) is 2. The van der Waals surface area contributed by atoms with Crippen molar-refractivity contribution in [1.82, 2.24) is 14.9 Å². The van der Waals surface area contributed by atoms with Crippen LogP contribution < -0.4 is 15.4 Å². The first kappa shape index (κ1) is 26.0. The SMILES string of the molecule is CCNC(=NCCCOc1ccccc1C)NC1CCN(S(=O)(=O)CC)CC1.I. The fourth-order valence-electron chi connectivity index (χ4n) is 3.13. The molecular weight excluding hydrogens is 503 g/mol. The third-order valence-electron chi connectivity index (χ3n) is 4.82. The summed E-state index contributed by atoms with van der Waals surface area (Å²) in [6, 6.07) is 8.24. The number of nitrogens with one attached hydrogen (secondary N) is 2. The van der Waals surface area contributed by atoms with Crippen LogP contribution in [0.4, 0.5) is 0 Å². The predicted molar refractivity (Wildman–Crippen MR) is 130 cm³/mol. The van der Waals surface area contributed by atoms with E-state index < -0.39 is 10.0 Å². The van der Waals surface area contributed by atoms with Gasteiger partial charge in [0.1, 0.15) is 5.75 Å². The molecule has 1 aromatic carbocycles. The van der Waals surface area contributed by atoms with Gasteiger partial charge < -0.3 is 15.4 Å². The van der Waals surface area contributed by atoms with Crippen molar-refractivity contribution in [2.45, 2.75) is 46.1 Å². The number of ether oxygens (including phenoxy) is 1. The largest absolute Gasteiger partial charge is 0.493 e. The number of aryl methyl sites for hydroxylation is 1. The third-order valence-corrected chi connectivity index (χ3v) is 6.70. The second-order valence-corrected chi connectivity index (χ2v) is 9.20. The molecule has 0 saturated carbocycles. The van der Waals surface area contributed by atoms with Crippen molar-refractivity contribution in [3.05, 3.63) is 29.8 Å². The Bertz CT molecular complexity index is 735. The topological polar surface area (TPSA) is 83.0 Å². The van der Waals surface area contributed by atoms with Crippen LogP contribution in [0.15, 0.2) is 29.3 Å².